The number of hydrogen-bond acceptors (Lipinski definition) is 3. The van der Waals surface area contributed by atoms with E-state index in [-0.39, 0.29) is 24.5 Å². The van der Waals surface area contributed by atoms with Crippen molar-refractivity contribution in [3.63, 3.8) is 0 Å². The van der Waals surface area contributed by atoms with Gasteiger partial charge in [-0.2, -0.15) is 0 Å². The van der Waals surface area contributed by atoms with E-state index in [2.05, 4.69) is 5.32 Å². The Morgan fingerprint density at radius 2 is 2.15 bits per heavy atom. The van der Waals surface area contributed by atoms with E-state index in [0.29, 0.717) is 0 Å². The molecule has 0 bridgehead atoms. The SMILES string of the molecule is COC1CNC(=O)N(C(C)C)C1=O. The first kappa shape index (κ1) is 9.98. The normalized spacial score (nSPS) is 23.7. The Balaban J connectivity index is 2.78. The van der Waals surface area contributed by atoms with Crippen LogP contribution in [0.2, 0.25) is 0 Å². The van der Waals surface area contributed by atoms with Crippen LogP contribution in [-0.2, 0) is 9.53 Å². The minimum atomic E-state index is -0.542. The van der Waals surface area contributed by atoms with Gasteiger partial charge < -0.3 is 10.1 Å². The van der Waals surface area contributed by atoms with Crippen LogP contribution in [0.1, 0.15) is 13.8 Å². The highest BCUT2D eigenvalue weighted by molar-refractivity contribution is 5.99. The van der Waals surface area contributed by atoms with E-state index in [1.807, 2.05) is 0 Å². The van der Waals surface area contributed by atoms with E-state index in [1.54, 1.807) is 13.8 Å². The first-order valence-corrected chi connectivity index (χ1v) is 4.21. The first-order chi connectivity index (χ1) is 6.07. The van der Waals surface area contributed by atoms with Crippen LogP contribution in [0.4, 0.5) is 4.79 Å². The smallest absolute Gasteiger partial charge is 0.324 e. The highest BCUT2D eigenvalue weighted by atomic mass is 16.5. The summed E-state index contributed by atoms with van der Waals surface area (Å²) in [6, 6.07) is -0.473. The molecule has 5 heteroatoms. The van der Waals surface area contributed by atoms with Crippen LogP contribution in [0.15, 0.2) is 0 Å². The average Bonchev–Trinajstić information content (AvgIpc) is 2.04. The van der Waals surface area contributed by atoms with Crippen molar-refractivity contribution in [3.05, 3.63) is 0 Å². The highest BCUT2D eigenvalue weighted by Gasteiger charge is 2.35. The zero-order valence-corrected chi connectivity index (χ0v) is 8.03. The number of carbonyl (C=O) groups excluding carboxylic acids is 2. The van der Waals surface area contributed by atoms with Crippen molar-refractivity contribution in [1.29, 1.82) is 0 Å². The van der Waals surface area contributed by atoms with Crippen LogP contribution < -0.4 is 5.32 Å². The van der Waals surface area contributed by atoms with Crippen molar-refractivity contribution in [2.75, 3.05) is 13.7 Å². The molecule has 1 N–H and O–H groups in total. The summed E-state index contributed by atoms with van der Waals surface area (Å²) < 4.78 is 4.93. The molecule has 1 heterocycles. The molecule has 0 aromatic rings. The summed E-state index contributed by atoms with van der Waals surface area (Å²) in [4.78, 5) is 24.0. The molecular weight excluding hydrogens is 172 g/mol. The molecule has 1 fully saturated rings. The number of rotatable bonds is 2. The summed E-state index contributed by atoms with van der Waals surface area (Å²) in [5.74, 6) is -0.263. The summed E-state index contributed by atoms with van der Waals surface area (Å²) in [6.45, 7) is 3.84. The molecule has 0 aromatic carbocycles. The Kier molecular flexibility index (Phi) is 2.87. The number of methoxy groups -OCH3 is 1. The maximum absolute atomic E-state index is 11.5. The molecule has 1 atom stereocenters. The van der Waals surface area contributed by atoms with Crippen LogP contribution in [0.5, 0.6) is 0 Å². The Labute approximate surface area is 77.0 Å². The third kappa shape index (κ3) is 1.80. The number of nitrogens with zero attached hydrogens (tertiary/aromatic N) is 1. The highest BCUT2D eigenvalue weighted by Crippen LogP contribution is 2.08. The summed E-state index contributed by atoms with van der Waals surface area (Å²) in [5, 5.41) is 2.59. The monoisotopic (exact) mass is 186 g/mol. The summed E-state index contributed by atoms with van der Waals surface area (Å²) in [7, 11) is 1.46. The van der Waals surface area contributed by atoms with Crippen LogP contribution in [0.25, 0.3) is 0 Å². The molecule has 1 saturated heterocycles. The van der Waals surface area contributed by atoms with Gasteiger partial charge in [0.2, 0.25) is 0 Å². The Hall–Kier alpha value is -1.10. The quantitative estimate of drug-likeness (QED) is 0.658. The van der Waals surface area contributed by atoms with Gasteiger partial charge >= 0.3 is 6.03 Å². The zero-order chi connectivity index (χ0) is 10.0. The molecule has 74 valence electrons. The van der Waals surface area contributed by atoms with Crippen LogP contribution in [-0.4, -0.2) is 42.6 Å². The Morgan fingerprint density at radius 1 is 1.54 bits per heavy atom. The second-order valence-electron chi connectivity index (χ2n) is 3.21. The molecule has 13 heavy (non-hydrogen) atoms. The van der Waals surface area contributed by atoms with E-state index in [1.165, 1.54) is 12.0 Å². The fourth-order valence-corrected chi connectivity index (χ4v) is 1.28. The van der Waals surface area contributed by atoms with Gasteiger partial charge in [-0.15, -0.1) is 0 Å². The largest absolute Gasteiger partial charge is 0.370 e. The topological polar surface area (TPSA) is 58.6 Å². The van der Waals surface area contributed by atoms with Crippen molar-refractivity contribution in [2.45, 2.75) is 26.0 Å². The average molecular weight is 186 g/mol. The van der Waals surface area contributed by atoms with Gasteiger partial charge in [0.05, 0.1) is 6.54 Å². The van der Waals surface area contributed by atoms with Gasteiger partial charge in [-0.3, -0.25) is 9.69 Å². The third-order valence-corrected chi connectivity index (χ3v) is 1.97. The summed E-state index contributed by atoms with van der Waals surface area (Å²) >= 11 is 0. The fraction of sp³-hybridized carbons (Fsp3) is 0.750. The van der Waals surface area contributed by atoms with E-state index in [0.717, 1.165) is 0 Å². The van der Waals surface area contributed by atoms with Gasteiger partial charge in [-0.25, -0.2) is 4.79 Å². The van der Waals surface area contributed by atoms with Gasteiger partial charge in [0.25, 0.3) is 5.91 Å². The number of hydrogen-bond donors (Lipinski definition) is 1. The van der Waals surface area contributed by atoms with Crippen molar-refractivity contribution in [2.24, 2.45) is 0 Å². The van der Waals surface area contributed by atoms with Gasteiger partial charge in [-0.1, -0.05) is 0 Å². The van der Waals surface area contributed by atoms with Crippen LogP contribution in [0, 0.1) is 0 Å². The first-order valence-electron chi connectivity index (χ1n) is 4.21. The second-order valence-corrected chi connectivity index (χ2v) is 3.21. The third-order valence-electron chi connectivity index (χ3n) is 1.97. The van der Waals surface area contributed by atoms with Crippen LogP contribution >= 0.6 is 0 Å². The minimum Gasteiger partial charge on any atom is -0.370 e. The van der Waals surface area contributed by atoms with Gasteiger partial charge in [0.1, 0.15) is 0 Å². The molecule has 3 amide bonds. The molecule has 1 aliphatic rings. The Morgan fingerprint density at radius 3 is 2.62 bits per heavy atom. The van der Waals surface area contributed by atoms with Crippen molar-refractivity contribution in [1.82, 2.24) is 10.2 Å². The van der Waals surface area contributed by atoms with Crippen LogP contribution in [0.3, 0.4) is 0 Å². The number of nitrogens with one attached hydrogen (secondary N) is 1. The molecule has 0 spiro atoms. The van der Waals surface area contributed by atoms with E-state index in [4.69, 9.17) is 4.74 Å². The number of urea groups is 1. The van der Waals surface area contributed by atoms with Crippen molar-refractivity contribution in [3.8, 4) is 0 Å². The maximum Gasteiger partial charge on any atom is 0.324 e. The second kappa shape index (κ2) is 3.74. The fourth-order valence-electron chi connectivity index (χ4n) is 1.28. The maximum atomic E-state index is 11.5. The molecule has 5 nitrogen and oxygen atoms in total. The lowest BCUT2D eigenvalue weighted by atomic mass is 10.2. The number of carbonyl (C=O) groups is 2. The van der Waals surface area contributed by atoms with Gasteiger partial charge in [0, 0.05) is 13.2 Å². The van der Waals surface area contributed by atoms with Gasteiger partial charge in [0.15, 0.2) is 6.10 Å². The van der Waals surface area contributed by atoms with Crippen molar-refractivity contribution >= 4 is 11.9 Å². The summed E-state index contributed by atoms with van der Waals surface area (Å²) in [5.41, 5.74) is 0. The molecule has 0 saturated carbocycles. The predicted octanol–water partition coefficient (Wildman–Crippen LogP) is -0.0384. The minimum absolute atomic E-state index is 0.134. The lowest BCUT2D eigenvalue weighted by molar-refractivity contribution is -0.141. The zero-order valence-electron chi connectivity index (χ0n) is 8.03. The molecule has 0 aliphatic carbocycles. The lowest BCUT2D eigenvalue weighted by Gasteiger charge is -2.32. The number of imide groups is 1. The predicted molar refractivity (Wildman–Crippen MR) is 46.2 cm³/mol. The Bertz CT molecular complexity index is 227. The van der Waals surface area contributed by atoms with E-state index >= 15 is 0 Å². The van der Waals surface area contributed by atoms with E-state index in [9.17, 15) is 9.59 Å². The van der Waals surface area contributed by atoms with Crippen molar-refractivity contribution < 1.29 is 14.3 Å². The lowest BCUT2D eigenvalue weighted by Crippen LogP contribution is -2.59. The molecule has 1 unspecified atom stereocenters. The molecule has 0 radical (unpaired) electrons. The standard InChI is InChI=1S/C8H14N2O3/c1-5(2)10-7(11)6(13-3)4-9-8(10)12/h5-6H,4H2,1-3H3,(H,9,12). The molecule has 1 aliphatic heterocycles. The summed E-state index contributed by atoms with van der Waals surface area (Å²) in [6.07, 6.45) is -0.542. The molecule has 0 aromatic heterocycles. The molecular formula is C8H14N2O3. The van der Waals surface area contributed by atoms with Gasteiger partial charge in [-0.05, 0) is 13.8 Å². The number of amides is 3. The number of ether oxygens (including phenoxy) is 1. The molecule has 1 rings (SSSR count). The van der Waals surface area contributed by atoms with E-state index < -0.39 is 6.10 Å².